The van der Waals surface area contributed by atoms with Gasteiger partial charge in [-0.15, -0.1) is 0 Å². The summed E-state index contributed by atoms with van der Waals surface area (Å²) in [5, 5.41) is 12.1. The molecule has 0 radical (unpaired) electrons. The number of aromatic carboxylic acids is 1. The number of rotatable bonds is 3. The van der Waals surface area contributed by atoms with Crippen molar-refractivity contribution in [2.24, 2.45) is 0 Å². The first-order valence-corrected chi connectivity index (χ1v) is 5.22. The lowest BCUT2D eigenvalue weighted by Gasteiger charge is -2.03. The van der Waals surface area contributed by atoms with Gasteiger partial charge in [0.1, 0.15) is 11.3 Å². The largest absolute Gasteiger partial charge is 0.475 e. The number of amides is 1. The van der Waals surface area contributed by atoms with E-state index in [2.05, 4.69) is 11.9 Å². The minimum Gasteiger partial charge on any atom is -0.475 e. The number of carboxylic acid groups (broad SMARTS) is 1. The van der Waals surface area contributed by atoms with E-state index < -0.39 is 11.9 Å². The summed E-state index contributed by atoms with van der Waals surface area (Å²) in [5.41, 5.74) is 0.856. The number of anilines is 1. The topological polar surface area (TPSA) is 79.5 Å². The van der Waals surface area contributed by atoms with Crippen molar-refractivity contribution in [1.82, 2.24) is 0 Å². The first-order valence-electron chi connectivity index (χ1n) is 5.22. The van der Waals surface area contributed by atoms with Gasteiger partial charge >= 0.3 is 5.97 Å². The monoisotopic (exact) mass is 245 g/mol. The Hall–Kier alpha value is -2.56. The number of furan rings is 1. The van der Waals surface area contributed by atoms with E-state index in [1.165, 1.54) is 6.92 Å². The number of carbonyl (C=O) groups excluding carboxylic acids is 1. The smallest absolute Gasteiger partial charge is 0.374 e. The fourth-order valence-electron chi connectivity index (χ4n) is 1.54. The molecule has 2 rings (SSSR count). The zero-order valence-electron chi connectivity index (χ0n) is 9.69. The molecule has 0 bridgehead atoms. The zero-order chi connectivity index (χ0) is 13.3. The van der Waals surface area contributed by atoms with Gasteiger partial charge in [0.25, 0.3) is 5.91 Å². The highest BCUT2D eigenvalue weighted by molar-refractivity contribution is 6.12. The Bertz CT molecular complexity index is 654. The van der Waals surface area contributed by atoms with Crippen LogP contribution in [-0.4, -0.2) is 17.0 Å². The van der Waals surface area contributed by atoms with Crippen LogP contribution in [0.2, 0.25) is 0 Å². The van der Waals surface area contributed by atoms with E-state index in [-0.39, 0.29) is 17.0 Å². The van der Waals surface area contributed by atoms with Gasteiger partial charge in [-0.3, -0.25) is 4.79 Å². The Morgan fingerprint density at radius 1 is 1.33 bits per heavy atom. The molecule has 0 unspecified atom stereocenters. The Morgan fingerprint density at radius 2 is 2.00 bits per heavy atom. The van der Waals surface area contributed by atoms with Crippen LogP contribution in [0.25, 0.3) is 11.0 Å². The van der Waals surface area contributed by atoms with Gasteiger partial charge in [0, 0.05) is 11.0 Å². The van der Waals surface area contributed by atoms with Crippen LogP contribution < -0.4 is 5.32 Å². The van der Waals surface area contributed by atoms with Crippen LogP contribution in [0.4, 0.5) is 5.69 Å². The van der Waals surface area contributed by atoms with Crippen LogP contribution >= 0.6 is 0 Å². The molecule has 0 aliphatic carbocycles. The minimum absolute atomic E-state index is 0.158. The summed E-state index contributed by atoms with van der Waals surface area (Å²) in [5.74, 6) is -1.96. The molecule has 5 nitrogen and oxygen atoms in total. The molecule has 92 valence electrons. The molecule has 5 heteroatoms. The van der Waals surface area contributed by atoms with E-state index in [4.69, 9.17) is 9.52 Å². The van der Waals surface area contributed by atoms with Crippen molar-refractivity contribution < 1.29 is 19.1 Å². The number of carboxylic acids is 1. The van der Waals surface area contributed by atoms with E-state index in [1.54, 1.807) is 24.3 Å². The van der Waals surface area contributed by atoms with E-state index in [0.29, 0.717) is 11.0 Å². The second-order valence-corrected chi connectivity index (χ2v) is 3.84. The number of hydrogen-bond acceptors (Lipinski definition) is 3. The van der Waals surface area contributed by atoms with Gasteiger partial charge in [-0.2, -0.15) is 0 Å². The summed E-state index contributed by atoms with van der Waals surface area (Å²) >= 11 is 0. The maximum absolute atomic E-state index is 11.6. The second kappa shape index (κ2) is 4.37. The number of nitrogens with one attached hydrogen (secondary N) is 1. The van der Waals surface area contributed by atoms with Crippen LogP contribution in [0.3, 0.4) is 0 Å². The zero-order valence-corrected chi connectivity index (χ0v) is 9.69. The molecule has 0 spiro atoms. The summed E-state index contributed by atoms with van der Waals surface area (Å²) in [7, 11) is 0. The first-order chi connectivity index (χ1) is 8.50. The lowest BCUT2D eigenvalue weighted by atomic mass is 10.2. The fourth-order valence-corrected chi connectivity index (χ4v) is 1.54. The van der Waals surface area contributed by atoms with Gasteiger partial charge in [0.15, 0.2) is 0 Å². The quantitative estimate of drug-likeness (QED) is 0.814. The summed E-state index contributed by atoms with van der Waals surface area (Å²) in [6, 6.07) is 6.78. The van der Waals surface area contributed by atoms with Crippen molar-refractivity contribution in [1.29, 1.82) is 0 Å². The molecular weight excluding hydrogens is 234 g/mol. The Balaban J connectivity index is 2.58. The number of benzene rings is 1. The molecule has 1 aromatic carbocycles. The molecule has 1 amide bonds. The van der Waals surface area contributed by atoms with Gasteiger partial charge in [-0.25, -0.2) is 4.79 Å². The van der Waals surface area contributed by atoms with Crippen LogP contribution in [0.1, 0.15) is 17.5 Å². The van der Waals surface area contributed by atoms with Crippen molar-refractivity contribution in [3.8, 4) is 0 Å². The van der Waals surface area contributed by atoms with E-state index in [1.807, 2.05) is 0 Å². The summed E-state index contributed by atoms with van der Waals surface area (Å²) in [6.45, 7) is 5.04. The molecular formula is C13H11NO4. The van der Waals surface area contributed by atoms with Gasteiger partial charge < -0.3 is 14.8 Å². The molecule has 0 aliphatic rings. The van der Waals surface area contributed by atoms with E-state index in [9.17, 15) is 9.59 Å². The molecule has 0 saturated carbocycles. The normalized spacial score (nSPS) is 10.3. The Labute approximate surface area is 103 Å². The Morgan fingerprint density at radius 3 is 2.61 bits per heavy atom. The molecule has 2 aromatic rings. The third kappa shape index (κ3) is 1.98. The Kier molecular flexibility index (Phi) is 2.89. The number of carbonyl (C=O) groups is 2. The SMILES string of the molecule is C=C(C)C(=O)Nc1c(C(=O)O)oc2ccccc12. The van der Waals surface area contributed by atoms with Crippen molar-refractivity contribution in [3.05, 3.63) is 42.2 Å². The molecule has 2 N–H and O–H groups in total. The molecule has 18 heavy (non-hydrogen) atoms. The highest BCUT2D eigenvalue weighted by Crippen LogP contribution is 2.30. The third-order valence-corrected chi connectivity index (χ3v) is 2.42. The van der Waals surface area contributed by atoms with Gasteiger partial charge in [0.05, 0.1) is 0 Å². The highest BCUT2D eigenvalue weighted by Gasteiger charge is 2.21. The van der Waals surface area contributed by atoms with Crippen molar-refractivity contribution in [2.45, 2.75) is 6.92 Å². The predicted octanol–water partition coefficient (Wildman–Crippen LogP) is 2.65. The third-order valence-electron chi connectivity index (χ3n) is 2.42. The van der Waals surface area contributed by atoms with E-state index >= 15 is 0 Å². The van der Waals surface area contributed by atoms with Crippen LogP contribution in [0.15, 0.2) is 40.8 Å². The summed E-state index contributed by atoms with van der Waals surface area (Å²) in [4.78, 5) is 22.7. The van der Waals surface area contributed by atoms with Crippen molar-refractivity contribution in [2.75, 3.05) is 5.32 Å². The average Bonchev–Trinajstić information content (AvgIpc) is 2.68. The number of fused-ring (bicyclic) bond motifs is 1. The summed E-state index contributed by atoms with van der Waals surface area (Å²) in [6.07, 6.45) is 0. The maximum Gasteiger partial charge on any atom is 0.374 e. The van der Waals surface area contributed by atoms with Crippen LogP contribution in [-0.2, 0) is 4.79 Å². The fraction of sp³-hybridized carbons (Fsp3) is 0.0769. The molecule has 1 heterocycles. The van der Waals surface area contributed by atoms with Crippen LogP contribution in [0.5, 0.6) is 0 Å². The first kappa shape index (κ1) is 11.9. The van der Waals surface area contributed by atoms with Gasteiger partial charge in [-0.05, 0) is 19.1 Å². The number of para-hydroxylation sites is 1. The van der Waals surface area contributed by atoms with Crippen molar-refractivity contribution >= 4 is 28.5 Å². The standard InChI is InChI=1S/C13H11NO4/c1-7(2)12(15)14-10-8-5-3-4-6-9(8)18-11(10)13(16)17/h3-6H,1H2,2H3,(H,14,15)(H,16,17). The van der Waals surface area contributed by atoms with Gasteiger partial charge in [-0.1, -0.05) is 18.7 Å². The predicted molar refractivity (Wildman–Crippen MR) is 66.6 cm³/mol. The maximum atomic E-state index is 11.6. The molecule has 1 aromatic heterocycles. The lowest BCUT2D eigenvalue weighted by molar-refractivity contribution is -0.112. The molecule has 0 fully saturated rings. The van der Waals surface area contributed by atoms with Crippen LogP contribution in [0, 0.1) is 0 Å². The molecule has 0 aliphatic heterocycles. The highest BCUT2D eigenvalue weighted by atomic mass is 16.4. The van der Waals surface area contributed by atoms with Crippen molar-refractivity contribution in [3.63, 3.8) is 0 Å². The number of hydrogen-bond donors (Lipinski definition) is 2. The molecule has 0 atom stereocenters. The lowest BCUT2D eigenvalue weighted by Crippen LogP contribution is -2.13. The average molecular weight is 245 g/mol. The molecule has 0 saturated heterocycles. The van der Waals surface area contributed by atoms with E-state index in [0.717, 1.165) is 0 Å². The second-order valence-electron chi connectivity index (χ2n) is 3.84. The minimum atomic E-state index is -1.23. The van der Waals surface area contributed by atoms with Gasteiger partial charge in [0.2, 0.25) is 5.76 Å². The summed E-state index contributed by atoms with van der Waals surface area (Å²) < 4.78 is 5.20.